The molecule has 0 aromatic heterocycles. The minimum atomic E-state index is -0.457. The fourth-order valence-electron chi connectivity index (χ4n) is 2.27. The number of hydrogen-bond donors (Lipinski definition) is 2. The first-order valence-corrected chi connectivity index (χ1v) is 7.38. The first kappa shape index (κ1) is 16.5. The van der Waals surface area contributed by atoms with E-state index in [0.29, 0.717) is 5.69 Å². The lowest BCUT2D eigenvalue weighted by Crippen LogP contribution is -2.22. The van der Waals surface area contributed by atoms with Crippen LogP contribution in [0, 0.1) is 17.0 Å². The molecule has 0 aliphatic rings. The Morgan fingerprint density at radius 1 is 1.17 bits per heavy atom. The average molecular weight is 313 g/mol. The largest absolute Gasteiger partial charge is 0.376 e. The van der Waals surface area contributed by atoms with E-state index < -0.39 is 4.92 Å². The lowest BCUT2D eigenvalue weighted by molar-refractivity contribution is -0.384. The van der Waals surface area contributed by atoms with Crippen molar-refractivity contribution >= 4 is 23.0 Å². The molecule has 1 amide bonds. The van der Waals surface area contributed by atoms with E-state index in [1.807, 2.05) is 32.0 Å². The zero-order chi connectivity index (χ0) is 16.8. The van der Waals surface area contributed by atoms with Crippen LogP contribution in [-0.2, 0) is 11.2 Å². The number of nitro benzene ring substituents is 1. The molecule has 0 saturated heterocycles. The summed E-state index contributed by atoms with van der Waals surface area (Å²) in [5.74, 6) is -0.160. The summed E-state index contributed by atoms with van der Waals surface area (Å²) in [6.07, 6.45) is 0.840. The molecule has 2 N–H and O–H groups in total. The Bertz CT molecular complexity index is 712. The van der Waals surface area contributed by atoms with Crippen molar-refractivity contribution in [3.05, 3.63) is 63.7 Å². The van der Waals surface area contributed by atoms with Gasteiger partial charge in [0.2, 0.25) is 5.91 Å². The highest BCUT2D eigenvalue weighted by Gasteiger charge is 2.09. The molecule has 6 heteroatoms. The van der Waals surface area contributed by atoms with Gasteiger partial charge >= 0.3 is 0 Å². The number of amides is 1. The van der Waals surface area contributed by atoms with E-state index in [4.69, 9.17) is 0 Å². The van der Waals surface area contributed by atoms with Gasteiger partial charge in [0.05, 0.1) is 11.5 Å². The van der Waals surface area contributed by atoms with Crippen molar-refractivity contribution in [2.45, 2.75) is 20.3 Å². The van der Waals surface area contributed by atoms with Gasteiger partial charge in [-0.2, -0.15) is 0 Å². The Labute approximate surface area is 134 Å². The molecule has 2 aromatic carbocycles. The summed E-state index contributed by atoms with van der Waals surface area (Å²) in [7, 11) is 0. The van der Waals surface area contributed by atoms with Crippen molar-refractivity contribution in [3.8, 4) is 0 Å². The van der Waals surface area contributed by atoms with Gasteiger partial charge in [-0.3, -0.25) is 14.9 Å². The number of rotatable bonds is 6. The first-order chi connectivity index (χ1) is 11.0. The molecule has 0 aliphatic heterocycles. The van der Waals surface area contributed by atoms with Gasteiger partial charge in [-0.1, -0.05) is 25.1 Å². The molecule has 120 valence electrons. The second kappa shape index (κ2) is 7.40. The second-order valence-electron chi connectivity index (χ2n) is 5.17. The summed E-state index contributed by atoms with van der Waals surface area (Å²) < 4.78 is 0. The van der Waals surface area contributed by atoms with Crippen LogP contribution in [0.25, 0.3) is 0 Å². The smallest absolute Gasteiger partial charge is 0.269 e. The number of nitrogens with zero attached hydrogens (tertiary/aromatic N) is 1. The Kier molecular flexibility index (Phi) is 5.30. The van der Waals surface area contributed by atoms with Crippen LogP contribution in [0.4, 0.5) is 17.1 Å². The topological polar surface area (TPSA) is 84.3 Å². The zero-order valence-electron chi connectivity index (χ0n) is 13.1. The maximum atomic E-state index is 12.1. The van der Waals surface area contributed by atoms with E-state index in [1.165, 1.54) is 12.1 Å². The Balaban J connectivity index is 1.97. The van der Waals surface area contributed by atoms with E-state index in [9.17, 15) is 14.9 Å². The molecule has 2 rings (SSSR count). The number of nitrogens with one attached hydrogen (secondary N) is 2. The molecule has 0 spiro atoms. The van der Waals surface area contributed by atoms with Crippen molar-refractivity contribution in [2.75, 3.05) is 17.2 Å². The molecule has 0 bridgehead atoms. The van der Waals surface area contributed by atoms with Crippen molar-refractivity contribution < 1.29 is 9.72 Å². The van der Waals surface area contributed by atoms with E-state index in [0.717, 1.165) is 23.2 Å². The fourth-order valence-corrected chi connectivity index (χ4v) is 2.27. The van der Waals surface area contributed by atoms with Crippen LogP contribution < -0.4 is 10.6 Å². The van der Waals surface area contributed by atoms with Crippen molar-refractivity contribution in [3.63, 3.8) is 0 Å². The summed E-state index contributed by atoms with van der Waals surface area (Å²) in [5.41, 5.74) is 3.64. The lowest BCUT2D eigenvalue weighted by atomic mass is 10.1. The van der Waals surface area contributed by atoms with Gasteiger partial charge in [0.1, 0.15) is 0 Å². The number of hydrogen-bond acceptors (Lipinski definition) is 4. The summed E-state index contributed by atoms with van der Waals surface area (Å²) in [4.78, 5) is 22.2. The molecule has 0 heterocycles. The minimum Gasteiger partial charge on any atom is -0.376 e. The molecule has 0 aliphatic carbocycles. The monoisotopic (exact) mass is 313 g/mol. The van der Waals surface area contributed by atoms with Crippen LogP contribution in [0.2, 0.25) is 0 Å². The molecule has 0 atom stereocenters. The van der Waals surface area contributed by atoms with Crippen molar-refractivity contribution in [1.29, 1.82) is 0 Å². The van der Waals surface area contributed by atoms with E-state index in [2.05, 4.69) is 10.6 Å². The number of anilines is 2. The number of benzene rings is 2. The summed E-state index contributed by atoms with van der Waals surface area (Å²) in [6.45, 7) is 4.09. The van der Waals surface area contributed by atoms with Gasteiger partial charge in [0.15, 0.2) is 0 Å². The van der Waals surface area contributed by atoms with E-state index in [-0.39, 0.29) is 18.1 Å². The number of para-hydroxylation sites is 1. The molecule has 0 fully saturated rings. The average Bonchev–Trinajstić information content (AvgIpc) is 2.55. The Morgan fingerprint density at radius 2 is 1.87 bits per heavy atom. The molecule has 0 saturated carbocycles. The van der Waals surface area contributed by atoms with Gasteiger partial charge in [-0.25, -0.2) is 0 Å². The third kappa shape index (κ3) is 4.29. The van der Waals surface area contributed by atoms with Gasteiger partial charge < -0.3 is 10.6 Å². The van der Waals surface area contributed by atoms with Crippen LogP contribution in [0.5, 0.6) is 0 Å². The molecule has 23 heavy (non-hydrogen) atoms. The third-order valence-electron chi connectivity index (χ3n) is 3.54. The highest BCUT2D eigenvalue weighted by atomic mass is 16.6. The van der Waals surface area contributed by atoms with Gasteiger partial charge in [0.25, 0.3) is 5.69 Å². The maximum absolute atomic E-state index is 12.1. The molecular formula is C17H19N3O3. The Morgan fingerprint density at radius 3 is 2.48 bits per heavy atom. The van der Waals surface area contributed by atoms with Gasteiger partial charge in [0, 0.05) is 23.5 Å². The predicted octanol–water partition coefficient (Wildman–Crippen LogP) is 3.52. The summed E-state index contributed by atoms with van der Waals surface area (Å²) in [6, 6.07) is 11.9. The number of non-ortho nitro benzene ring substituents is 1. The third-order valence-corrected chi connectivity index (χ3v) is 3.54. The SMILES string of the molecule is CCc1cccc(C)c1NC(=O)CNc1ccc([N+](=O)[O-])cc1. The number of nitro groups is 1. The maximum Gasteiger partial charge on any atom is 0.269 e. The Hall–Kier alpha value is -2.89. The van der Waals surface area contributed by atoms with Crippen LogP contribution in [0.15, 0.2) is 42.5 Å². The van der Waals surface area contributed by atoms with Crippen molar-refractivity contribution in [2.24, 2.45) is 0 Å². The summed E-state index contributed by atoms with van der Waals surface area (Å²) >= 11 is 0. The van der Waals surface area contributed by atoms with E-state index in [1.54, 1.807) is 12.1 Å². The minimum absolute atomic E-state index is 0.0208. The van der Waals surface area contributed by atoms with Crippen LogP contribution >= 0.6 is 0 Å². The molecule has 0 radical (unpaired) electrons. The quantitative estimate of drug-likeness (QED) is 0.631. The molecule has 0 unspecified atom stereocenters. The van der Waals surface area contributed by atoms with Crippen LogP contribution in [0.1, 0.15) is 18.1 Å². The van der Waals surface area contributed by atoms with Gasteiger partial charge in [-0.15, -0.1) is 0 Å². The lowest BCUT2D eigenvalue weighted by Gasteiger charge is -2.13. The molecule has 2 aromatic rings. The highest BCUT2D eigenvalue weighted by Crippen LogP contribution is 2.21. The predicted molar refractivity (Wildman–Crippen MR) is 90.8 cm³/mol. The van der Waals surface area contributed by atoms with Crippen LogP contribution in [0.3, 0.4) is 0 Å². The highest BCUT2D eigenvalue weighted by molar-refractivity contribution is 5.95. The van der Waals surface area contributed by atoms with Gasteiger partial charge in [-0.05, 0) is 36.6 Å². The van der Waals surface area contributed by atoms with E-state index >= 15 is 0 Å². The number of aryl methyl sites for hydroxylation is 2. The normalized spacial score (nSPS) is 10.2. The first-order valence-electron chi connectivity index (χ1n) is 7.38. The van der Waals surface area contributed by atoms with Crippen LogP contribution in [-0.4, -0.2) is 17.4 Å². The zero-order valence-corrected chi connectivity index (χ0v) is 13.1. The molecule has 6 nitrogen and oxygen atoms in total. The number of carbonyl (C=O) groups excluding carboxylic acids is 1. The number of carbonyl (C=O) groups is 1. The molecular weight excluding hydrogens is 294 g/mol. The second-order valence-corrected chi connectivity index (χ2v) is 5.17. The summed E-state index contributed by atoms with van der Waals surface area (Å²) in [5, 5.41) is 16.5. The standard InChI is InChI=1S/C17H19N3O3/c1-3-13-6-4-5-12(2)17(13)19-16(21)11-18-14-7-9-15(10-8-14)20(22)23/h4-10,18H,3,11H2,1-2H3,(H,19,21). The fraction of sp³-hybridized carbons (Fsp3) is 0.235. The van der Waals surface area contributed by atoms with Crippen molar-refractivity contribution in [1.82, 2.24) is 0 Å².